The monoisotopic (exact) mass is 348 g/mol. The van der Waals surface area contributed by atoms with Crippen LogP contribution in [0.25, 0.3) is 10.9 Å². The van der Waals surface area contributed by atoms with Crippen molar-refractivity contribution in [2.24, 2.45) is 0 Å². The highest BCUT2D eigenvalue weighted by molar-refractivity contribution is 5.80. The van der Waals surface area contributed by atoms with Crippen LogP contribution in [0.4, 0.5) is 5.95 Å². The number of carbonyl (C=O) groups is 1. The number of hydrogen-bond acceptors (Lipinski definition) is 6. The Morgan fingerprint density at radius 1 is 1.32 bits per heavy atom. The Morgan fingerprint density at radius 2 is 2.08 bits per heavy atom. The summed E-state index contributed by atoms with van der Waals surface area (Å²) in [5.74, 6) is -0.0858. The van der Waals surface area contributed by atoms with Crippen molar-refractivity contribution in [1.29, 1.82) is 0 Å². The summed E-state index contributed by atoms with van der Waals surface area (Å²) >= 11 is 0. The molecule has 0 saturated carbocycles. The molecule has 0 aliphatic heterocycles. The predicted octanol–water partition coefficient (Wildman–Crippen LogP) is 1.30. The molecule has 2 aromatic rings. The molecule has 0 unspecified atom stereocenters. The second kappa shape index (κ2) is 9.14. The van der Waals surface area contributed by atoms with Crippen LogP contribution < -0.4 is 16.4 Å². The topological polar surface area (TPSA) is 94.5 Å². The van der Waals surface area contributed by atoms with Gasteiger partial charge in [-0.05, 0) is 32.4 Å². The van der Waals surface area contributed by atoms with Crippen molar-refractivity contribution in [3.8, 4) is 0 Å². The van der Waals surface area contributed by atoms with Gasteiger partial charge < -0.3 is 9.47 Å². The van der Waals surface area contributed by atoms with Crippen LogP contribution >= 0.6 is 0 Å². The summed E-state index contributed by atoms with van der Waals surface area (Å²) in [5.41, 5.74) is 5.58. The zero-order chi connectivity index (χ0) is 18.2. The van der Waals surface area contributed by atoms with Gasteiger partial charge in [-0.25, -0.2) is 4.98 Å². The standard InChI is InChI=1S/C17H24N4O4/c1-12(2)25-10-6-9-21-16(23)13-7-4-5-8-14(13)18-17(21)20-19-15(22)11-24-3/h4-5,7-8,12H,6,9-11H2,1-3H3,(H,18,20)(H,19,22). The van der Waals surface area contributed by atoms with Gasteiger partial charge in [0.05, 0.1) is 17.0 Å². The highest BCUT2D eigenvalue weighted by Crippen LogP contribution is 2.11. The van der Waals surface area contributed by atoms with Crippen molar-refractivity contribution in [3.63, 3.8) is 0 Å². The molecule has 1 aromatic heterocycles. The van der Waals surface area contributed by atoms with E-state index in [1.54, 1.807) is 18.2 Å². The Hall–Kier alpha value is -2.45. The lowest BCUT2D eigenvalue weighted by molar-refractivity contribution is -0.124. The molecule has 0 fully saturated rings. The van der Waals surface area contributed by atoms with Crippen LogP contribution in [0, 0.1) is 0 Å². The molecule has 25 heavy (non-hydrogen) atoms. The zero-order valence-electron chi connectivity index (χ0n) is 14.7. The smallest absolute Gasteiger partial charge is 0.264 e. The van der Waals surface area contributed by atoms with E-state index in [0.29, 0.717) is 30.5 Å². The Balaban J connectivity index is 2.24. The molecule has 136 valence electrons. The third kappa shape index (κ3) is 5.27. The maximum absolute atomic E-state index is 12.8. The minimum atomic E-state index is -0.361. The maximum atomic E-state index is 12.8. The van der Waals surface area contributed by atoms with Gasteiger partial charge in [-0.15, -0.1) is 0 Å². The van der Waals surface area contributed by atoms with E-state index in [1.165, 1.54) is 11.7 Å². The van der Waals surface area contributed by atoms with Crippen molar-refractivity contribution in [2.75, 3.05) is 25.7 Å². The van der Waals surface area contributed by atoms with Gasteiger partial charge in [0.1, 0.15) is 6.61 Å². The highest BCUT2D eigenvalue weighted by Gasteiger charge is 2.11. The molecule has 0 aliphatic rings. The molecule has 0 saturated heterocycles. The summed E-state index contributed by atoms with van der Waals surface area (Å²) in [7, 11) is 1.43. The van der Waals surface area contributed by atoms with Gasteiger partial charge in [0, 0.05) is 20.3 Å². The van der Waals surface area contributed by atoms with E-state index < -0.39 is 0 Å². The first-order valence-electron chi connectivity index (χ1n) is 8.18. The molecule has 2 rings (SSSR count). The van der Waals surface area contributed by atoms with E-state index in [-0.39, 0.29) is 30.1 Å². The number of nitrogens with one attached hydrogen (secondary N) is 2. The number of amides is 1. The minimum absolute atomic E-state index is 0.0902. The molecule has 1 aromatic carbocycles. The van der Waals surface area contributed by atoms with Gasteiger partial charge in [0.2, 0.25) is 5.95 Å². The number of anilines is 1. The number of methoxy groups -OCH3 is 1. The average molecular weight is 348 g/mol. The molecule has 0 aliphatic carbocycles. The van der Waals surface area contributed by atoms with Crippen LogP contribution in [0.5, 0.6) is 0 Å². The molecule has 0 spiro atoms. The van der Waals surface area contributed by atoms with Crippen LogP contribution in [-0.2, 0) is 20.8 Å². The van der Waals surface area contributed by atoms with Gasteiger partial charge >= 0.3 is 0 Å². The number of rotatable bonds is 9. The van der Waals surface area contributed by atoms with Gasteiger partial charge in [-0.3, -0.25) is 25.0 Å². The minimum Gasteiger partial charge on any atom is -0.379 e. The third-order valence-electron chi connectivity index (χ3n) is 3.43. The van der Waals surface area contributed by atoms with Gasteiger partial charge in [-0.2, -0.15) is 0 Å². The van der Waals surface area contributed by atoms with E-state index in [9.17, 15) is 9.59 Å². The fourth-order valence-corrected chi connectivity index (χ4v) is 2.31. The summed E-state index contributed by atoms with van der Waals surface area (Å²) in [6.45, 7) is 4.79. The Bertz CT molecular complexity index is 773. The number of carbonyl (C=O) groups excluding carboxylic acids is 1. The zero-order valence-corrected chi connectivity index (χ0v) is 14.7. The molecular formula is C17H24N4O4. The van der Waals surface area contributed by atoms with E-state index in [0.717, 1.165) is 0 Å². The van der Waals surface area contributed by atoms with Crippen LogP contribution in [0.3, 0.4) is 0 Å². The van der Waals surface area contributed by atoms with E-state index in [4.69, 9.17) is 9.47 Å². The summed E-state index contributed by atoms with van der Waals surface area (Å²) in [6.07, 6.45) is 0.788. The van der Waals surface area contributed by atoms with E-state index in [2.05, 4.69) is 15.8 Å². The molecule has 0 radical (unpaired) electrons. The van der Waals surface area contributed by atoms with Crippen molar-refractivity contribution in [2.45, 2.75) is 32.9 Å². The Morgan fingerprint density at radius 3 is 2.80 bits per heavy atom. The second-order valence-electron chi connectivity index (χ2n) is 5.79. The number of benzene rings is 1. The molecular weight excluding hydrogens is 324 g/mol. The largest absolute Gasteiger partial charge is 0.379 e. The molecule has 1 amide bonds. The summed E-state index contributed by atoms with van der Waals surface area (Å²) < 4.78 is 11.8. The van der Waals surface area contributed by atoms with Crippen molar-refractivity contribution in [1.82, 2.24) is 15.0 Å². The number of aromatic nitrogens is 2. The van der Waals surface area contributed by atoms with Crippen LogP contribution in [0.2, 0.25) is 0 Å². The van der Waals surface area contributed by atoms with Crippen LogP contribution in [0.1, 0.15) is 20.3 Å². The first-order chi connectivity index (χ1) is 12.0. The second-order valence-corrected chi connectivity index (χ2v) is 5.79. The van der Waals surface area contributed by atoms with Gasteiger partial charge in [0.25, 0.3) is 11.5 Å². The van der Waals surface area contributed by atoms with Crippen LogP contribution in [0.15, 0.2) is 29.1 Å². The molecule has 8 nitrogen and oxygen atoms in total. The molecule has 8 heteroatoms. The Labute approximate surface area is 146 Å². The molecule has 1 heterocycles. The summed E-state index contributed by atoms with van der Waals surface area (Å²) in [5, 5.41) is 0.529. The number of nitrogens with zero attached hydrogens (tertiary/aromatic N) is 2. The highest BCUT2D eigenvalue weighted by atomic mass is 16.5. The average Bonchev–Trinajstić information content (AvgIpc) is 2.58. The number of hydrazine groups is 1. The van der Waals surface area contributed by atoms with Gasteiger partial charge in [0.15, 0.2) is 0 Å². The quantitative estimate of drug-likeness (QED) is 0.524. The lowest BCUT2D eigenvalue weighted by Gasteiger charge is -2.15. The summed E-state index contributed by atoms with van der Waals surface area (Å²) in [6, 6.07) is 7.10. The maximum Gasteiger partial charge on any atom is 0.264 e. The molecule has 2 N–H and O–H groups in total. The number of para-hydroxylation sites is 1. The predicted molar refractivity (Wildman–Crippen MR) is 95.3 cm³/mol. The SMILES string of the molecule is COCC(=O)NNc1nc2ccccc2c(=O)n1CCCOC(C)C. The third-order valence-corrected chi connectivity index (χ3v) is 3.43. The summed E-state index contributed by atoms with van der Waals surface area (Å²) in [4.78, 5) is 28.8. The number of hydrogen-bond donors (Lipinski definition) is 2. The van der Waals surface area contributed by atoms with E-state index in [1.807, 2.05) is 19.9 Å². The fraction of sp³-hybridized carbons (Fsp3) is 0.471. The van der Waals surface area contributed by atoms with Crippen molar-refractivity contribution < 1.29 is 14.3 Å². The van der Waals surface area contributed by atoms with E-state index >= 15 is 0 Å². The lowest BCUT2D eigenvalue weighted by Crippen LogP contribution is -2.36. The number of ether oxygens (including phenoxy) is 2. The molecule has 0 bridgehead atoms. The first kappa shape index (κ1) is 18.9. The number of fused-ring (bicyclic) bond motifs is 1. The van der Waals surface area contributed by atoms with Gasteiger partial charge in [-0.1, -0.05) is 12.1 Å². The Kier molecular flexibility index (Phi) is 6.91. The van der Waals surface area contributed by atoms with Crippen LogP contribution in [-0.4, -0.2) is 41.9 Å². The van der Waals surface area contributed by atoms with Crippen molar-refractivity contribution >= 4 is 22.8 Å². The fourth-order valence-electron chi connectivity index (χ4n) is 2.31. The molecule has 0 atom stereocenters. The van der Waals surface area contributed by atoms with Crippen molar-refractivity contribution in [3.05, 3.63) is 34.6 Å². The first-order valence-corrected chi connectivity index (χ1v) is 8.18. The normalized spacial score (nSPS) is 11.0. The lowest BCUT2D eigenvalue weighted by atomic mass is 10.2.